The summed E-state index contributed by atoms with van der Waals surface area (Å²) < 4.78 is 31.0. The molecule has 0 N–H and O–H groups in total. The Balaban J connectivity index is 0. The summed E-state index contributed by atoms with van der Waals surface area (Å²) >= 11 is 0. The van der Waals surface area contributed by atoms with E-state index in [1.165, 1.54) is 6.92 Å². The van der Waals surface area contributed by atoms with Crippen molar-refractivity contribution in [2.75, 3.05) is 26.6 Å². The molecule has 98 valence electrons. The highest BCUT2D eigenvalue weighted by molar-refractivity contribution is 5.86. The number of hydrogen-bond donors (Lipinski definition) is 0. The van der Waals surface area contributed by atoms with Gasteiger partial charge in [0.25, 0.3) is 0 Å². The van der Waals surface area contributed by atoms with E-state index in [-0.39, 0.29) is 13.2 Å². The van der Waals surface area contributed by atoms with Crippen LogP contribution in [0.4, 0.5) is 8.78 Å². The molecule has 0 bridgehead atoms. The number of alkyl halides is 2. The van der Waals surface area contributed by atoms with E-state index in [0.717, 1.165) is 6.08 Å². The Morgan fingerprint density at radius 3 is 2.00 bits per heavy atom. The van der Waals surface area contributed by atoms with Gasteiger partial charge in [0.15, 0.2) is 0 Å². The Kier molecular flexibility index (Phi) is 12.8. The van der Waals surface area contributed by atoms with Gasteiger partial charge in [-0.3, -0.25) is 0 Å². The first-order valence-corrected chi connectivity index (χ1v) is 4.73. The molecule has 0 unspecified atom stereocenters. The minimum Gasteiger partial charge on any atom is -0.460 e. The highest BCUT2D eigenvalue weighted by Crippen LogP contribution is 1.90. The highest BCUT2D eigenvalue weighted by Gasteiger charge is 2.00. The Labute approximate surface area is 98.9 Å². The maximum Gasteiger partial charge on any atom is 0.333 e. The van der Waals surface area contributed by atoms with Crippen LogP contribution in [0.5, 0.6) is 0 Å². The lowest BCUT2D eigenvalue weighted by molar-refractivity contribution is -0.139. The Hall–Kier alpha value is -1.72. The summed E-state index contributed by atoms with van der Waals surface area (Å²) in [5.74, 6) is -1.12. The molecule has 0 aromatic heterocycles. The van der Waals surface area contributed by atoms with Crippen LogP contribution >= 0.6 is 0 Å². The lowest BCUT2D eigenvalue weighted by Crippen LogP contribution is -2.06. The van der Waals surface area contributed by atoms with Gasteiger partial charge in [-0.05, 0) is 6.92 Å². The standard InChI is InChI=1S/C6H9FO2.C5H7FO2/c1-5(2)6(8)9-4-3-7;1-2-5(7)8-4-3-6/h1,3-4H2,2H3;2H,1,3-4H2. The van der Waals surface area contributed by atoms with E-state index in [2.05, 4.69) is 22.6 Å². The van der Waals surface area contributed by atoms with Gasteiger partial charge in [0.05, 0.1) is 0 Å². The van der Waals surface area contributed by atoms with E-state index in [4.69, 9.17) is 0 Å². The molecule has 0 saturated heterocycles. The first-order chi connectivity index (χ1) is 7.99. The van der Waals surface area contributed by atoms with Crippen molar-refractivity contribution in [2.45, 2.75) is 6.92 Å². The summed E-state index contributed by atoms with van der Waals surface area (Å²) in [6, 6.07) is 0. The maximum atomic E-state index is 11.3. The third-order valence-electron chi connectivity index (χ3n) is 1.15. The van der Waals surface area contributed by atoms with Crippen molar-refractivity contribution in [3.63, 3.8) is 0 Å². The van der Waals surface area contributed by atoms with Gasteiger partial charge in [-0.1, -0.05) is 13.2 Å². The van der Waals surface area contributed by atoms with Crippen LogP contribution in [0.2, 0.25) is 0 Å². The van der Waals surface area contributed by atoms with Gasteiger partial charge in [-0.25, -0.2) is 18.4 Å². The summed E-state index contributed by atoms with van der Waals surface area (Å²) in [6.45, 7) is 6.31. The summed E-state index contributed by atoms with van der Waals surface area (Å²) in [7, 11) is 0. The molecule has 17 heavy (non-hydrogen) atoms. The smallest absolute Gasteiger partial charge is 0.333 e. The van der Waals surface area contributed by atoms with Crippen LogP contribution in [-0.2, 0) is 19.1 Å². The second kappa shape index (κ2) is 12.4. The summed E-state index contributed by atoms with van der Waals surface area (Å²) in [4.78, 5) is 20.5. The Morgan fingerprint density at radius 1 is 1.18 bits per heavy atom. The lowest BCUT2D eigenvalue weighted by Gasteiger charge is -1.98. The summed E-state index contributed by atoms with van der Waals surface area (Å²) in [5, 5.41) is 0. The van der Waals surface area contributed by atoms with Gasteiger partial charge >= 0.3 is 11.9 Å². The molecule has 0 aromatic carbocycles. The van der Waals surface area contributed by atoms with Crippen molar-refractivity contribution in [1.82, 2.24) is 0 Å². The van der Waals surface area contributed by atoms with Crippen molar-refractivity contribution in [1.29, 1.82) is 0 Å². The number of carbonyl (C=O) groups is 2. The SMILES string of the molecule is C=C(C)C(=O)OCCF.C=CC(=O)OCCF. The van der Waals surface area contributed by atoms with Crippen LogP contribution in [0.25, 0.3) is 0 Å². The molecule has 0 aromatic rings. The quantitative estimate of drug-likeness (QED) is 0.532. The second-order valence-electron chi connectivity index (χ2n) is 2.67. The van der Waals surface area contributed by atoms with Crippen molar-refractivity contribution in [3.05, 3.63) is 24.8 Å². The fraction of sp³-hybridized carbons (Fsp3) is 0.455. The fourth-order valence-corrected chi connectivity index (χ4v) is 0.453. The highest BCUT2D eigenvalue weighted by atomic mass is 19.1. The molecule has 0 atom stereocenters. The molecular formula is C11H16F2O4. The Morgan fingerprint density at radius 2 is 1.65 bits per heavy atom. The molecule has 4 nitrogen and oxygen atoms in total. The molecule has 0 aliphatic rings. The molecule has 0 fully saturated rings. The van der Waals surface area contributed by atoms with Crippen molar-refractivity contribution < 1.29 is 27.8 Å². The minimum atomic E-state index is -0.640. The third-order valence-corrected chi connectivity index (χ3v) is 1.15. The van der Waals surface area contributed by atoms with E-state index >= 15 is 0 Å². The van der Waals surface area contributed by atoms with Gasteiger partial charge in [-0.15, -0.1) is 0 Å². The van der Waals surface area contributed by atoms with Crippen molar-refractivity contribution in [2.24, 2.45) is 0 Å². The van der Waals surface area contributed by atoms with E-state index in [0.29, 0.717) is 5.57 Å². The average molecular weight is 250 g/mol. The Bertz CT molecular complexity index is 264. The molecule has 0 amide bonds. The molecule has 0 aliphatic heterocycles. The van der Waals surface area contributed by atoms with Gasteiger partial charge < -0.3 is 9.47 Å². The maximum absolute atomic E-state index is 11.3. The first kappa shape index (κ1) is 17.7. The van der Waals surface area contributed by atoms with Crippen LogP contribution in [0.3, 0.4) is 0 Å². The number of carbonyl (C=O) groups excluding carboxylic acids is 2. The van der Waals surface area contributed by atoms with E-state index in [1.54, 1.807) is 0 Å². The number of rotatable bonds is 6. The first-order valence-electron chi connectivity index (χ1n) is 4.73. The van der Waals surface area contributed by atoms with Crippen molar-refractivity contribution in [3.8, 4) is 0 Å². The van der Waals surface area contributed by atoms with Gasteiger partial charge in [-0.2, -0.15) is 0 Å². The van der Waals surface area contributed by atoms with Crippen LogP contribution < -0.4 is 0 Å². The molecule has 6 heteroatoms. The number of halogens is 2. The van der Waals surface area contributed by atoms with Crippen LogP contribution in [0.15, 0.2) is 24.8 Å². The lowest BCUT2D eigenvalue weighted by atomic mass is 10.4. The normalized spacial score (nSPS) is 8.41. The van der Waals surface area contributed by atoms with Crippen LogP contribution in [-0.4, -0.2) is 38.5 Å². The van der Waals surface area contributed by atoms with Crippen molar-refractivity contribution >= 4 is 11.9 Å². The zero-order valence-corrected chi connectivity index (χ0v) is 9.71. The van der Waals surface area contributed by atoms with E-state index in [9.17, 15) is 18.4 Å². The van der Waals surface area contributed by atoms with Crippen LogP contribution in [0, 0.1) is 0 Å². The van der Waals surface area contributed by atoms with Gasteiger partial charge in [0.1, 0.15) is 26.6 Å². The number of esters is 2. The van der Waals surface area contributed by atoms with Gasteiger partial charge in [0.2, 0.25) is 0 Å². The third kappa shape index (κ3) is 14.3. The van der Waals surface area contributed by atoms with E-state index in [1.807, 2.05) is 0 Å². The minimum absolute atomic E-state index is 0.175. The number of hydrogen-bond acceptors (Lipinski definition) is 4. The number of ether oxygens (including phenoxy) is 2. The fourth-order valence-electron chi connectivity index (χ4n) is 0.453. The summed E-state index contributed by atoms with van der Waals surface area (Å²) in [5.41, 5.74) is 0.295. The zero-order chi connectivity index (χ0) is 13.7. The van der Waals surface area contributed by atoms with Crippen LogP contribution in [0.1, 0.15) is 6.92 Å². The average Bonchev–Trinajstić information content (AvgIpc) is 2.33. The molecule has 0 aliphatic carbocycles. The molecular weight excluding hydrogens is 234 g/mol. The summed E-state index contributed by atoms with van der Waals surface area (Å²) in [6.07, 6.45) is 0.996. The van der Waals surface area contributed by atoms with E-state index < -0.39 is 25.3 Å². The molecule has 0 radical (unpaired) electrons. The second-order valence-corrected chi connectivity index (χ2v) is 2.67. The molecule has 0 saturated carbocycles. The predicted octanol–water partition coefficient (Wildman–Crippen LogP) is 1.76. The zero-order valence-electron chi connectivity index (χ0n) is 9.71. The topological polar surface area (TPSA) is 52.6 Å². The monoisotopic (exact) mass is 250 g/mol. The largest absolute Gasteiger partial charge is 0.460 e. The van der Waals surface area contributed by atoms with Gasteiger partial charge in [0, 0.05) is 11.6 Å². The predicted molar refractivity (Wildman–Crippen MR) is 58.9 cm³/mol. The molecule has 0 heterocycles. The molecule has 0 spiro atoms. The molecule has 0 rings (SSSR count).